The van der Waals surface area contributed by atoms with Gasteiger partial charge in [-0.3, -0.25) is 9.59 Å². The van der Waals surface area contributed by atoms with E-state index in [1.165, 1.54) is 0 Å². The molecule has 2 rings (SSSR count). The minimum Gasteiger partial charge on any atom is -0.394 e. The van der Waals surface area contributed by atoms with Gasteiger partial charge in [-0.1, -0.05) is 0 Å². The summed E-state index contributed by atoms with van der Waals surface area (Å²) in [6.45, 7) is -0.726. The molecule has 120 valence electrons. The van der Waals surface area contributed by atoms with Crippen molar-refractivity contribution in [3.63, 3.8) is 0 Å². The number of aliphatic hydroxyl groups excluding tert-OH is 3. The van der Waals surface area contributed by atoms with Crippen LogP contribution < -0.4 is 16.9 Å². The van der Waals surface area contributed by atoms with E-state index in [4.69, 9.17) is 21.3 Å². The zero-order valence-electron chi connectivity index (χ0n) is 10.9. The number of ether oxygens (including phenoxy) is 1. The Morgan fingerprint density at radius 3 is 2.43 bits per heavy atom. The summed E-state index contributed by atoms with van der Waals surface area (Å²) in [6.07, 6.45) is -4.82. The van der Waals surface area contributed by atoms with Crippen LogP contribution in [-0.2, 0) is 14.3 Å². The number of carbonyl (C=O) groups excluding carboxylic acids is 2. The number of imide groups is 1. The first kappa shape index (κ1) is 16.2. The molecule has 0 bridgehead atoms. The largest absolute Gasteiger partial charge is 0.394 e. The quantitative estimate of drug-likeness (QED) is 0.195. The van der Waals surface area contributed by atoms with E-state index in [0.717, 1.165) is 0 Å². The Balaban J connectivity index is 2.20. The van der Waals surface area contributed by atoms with E-state index in [1.54, 1.807) is 0 Å². The highest BCUT2D eigenvalue weighted by Gasteiger charge is 2.54. The fourth-order valence-corrected chi connectivity index (χ4v) is 2.22. The van der Waals surface area contributed by atoms with Gasteiger partial charge in [0, 0.05) is 0 Å². The van der Waals surface area contributed by atoms with Crippen LogP contribution in [0.1, 0.15) is 6.42 Å². The lowest BCUT2D eigenvalue weighted by Crippen LogP contribution is -2.76. The Morgan fingerprint density at radius 1 is 1.33 bits per heavy atom. The van der Waals surface area contributed by atoms with E-state index in [9.17, 15) is 24.9 Å². The van der Waals surface area contributed by atoms with Gasteiger partial charge in [0.15, 0.2) is 0 Å². The Bertz CT molecular complexity index is 447. The van der Waals surface area contributed by atoms with Crippen molar-refractivity contribution in [2.24, 2.45) is 11.5 Å². The zero-order chi connectivity index (χ0) is 15.9. The number of nitrogens with zero attached hydrogens (tertiary/aromatic N) is 1. The van der Waals surface area contributed by atoms with Crippen molar-refractivity contribution < 1.29 is 34.8 Å². The maximum atomic E-state index is 11.7. The molecule has 0 radical (unpaired) electrons. The van der Waals surface area contributed by atoms with E-state index in [0.29, 0.717) is 5.01 Å². The summed E-state index contributed by atoms with van der Waals surface area (Å²) < 4.78 is 4.98. The topological polar surface area (TPSA) is 192 Å². The fourth-order valence-electron chi connectivity index (χ4n) is 2.22. The summed E-state index contributed by atoms with van der Waals surface area (Å²) >= 11 is 0. The van der Waals surface area contributed by atoms with Crippen LogP contribution in [0, 0.1) is 0 Å². The number of rotatable bonds is 3. The van der Waals surface area contributed by atoms with Crippen molar-refractivity contribution in [1.29, 1.82) is 0 Å². The SMILES string of the molecule is NC1CC(=O)N(N[C@]2(O)O[C@H](CO)[C@@H](O)[C@H](O)[C@H]2N)C1=O. The van der Waals surface area contributed by atoms with Crippen molar-refractivity contribution in [2.45, 2.75) is 42.7 Å². The van der Waals surface area contributed by atoms with Gasteiger partial charge >= 0.3 is 0 Å². The maximum absolute atomic E-state index is 11.7. The lowest BCUT2D eigenvalue weighted by molar-refractivity contribution is -0.339. The molecule has 6 atom stereocenters. The smallest absolute Gasteiger partial charge is 0.261 e. The predicted octanol–water partition coefficient (Wildman–Crippen LogP) is -5.34. The van der Waals surface area contributed by atoms with Crippen LogP contribution in [0.3, 0.4) is 0 Å². The lowest BCUT2D eigenvalue weighted by Gasteiger charge is -2.46. The van der Waals surface area contributed by atoms with Crippen LogP contribution in [-0.4, -0.2) is 80.2 Å². The zero-order valence-corrected chi connectivity index (χ0v) is 10.9. The van der Waals surface area contributed by atoms with Gasteiger partial charge in [0.1, 0.15) is 24.4 Å². The van der Waals surface area contributed by atoms with Gasteiger partial charge in [0.25, 0.3) is 11.8 Å². The predicted molar refractivity (Wildman–Crippen MR) is 64.5 cm³/mol. The average Bonchev–Trinajstić information content (AvgIpc) is 2.67. The van der Waals surface area contributed by atoms with Crippen LogP contribution in [0.5, 0.6) is 0 Å². The number of nitrogens with two attached hydrogens (primary N) is 2. The monoisotopic (exact) mass is 306 g/mol. The van der Waals surface area contributed by atoms with E-state index in [-0.39, 0.29) is 6.42 Å². The van der Waals surface area contributed by atoms with Gasteiger partial charge in [-0.25, -0.2) is 5.01 Å². The molecule has 11 nitrogen and oxygen atoms in total. The number of hydrogen-bond donors (Lipinski definition) is 7. The van der Waals surface area contributed by atoms with Crippen LogP contribution in [0.25, 0.3) is 0 Å². The number of amides is 2. The molecular formula is C10H18N4O7. The molecule has 2 aliphatic heterocycles. The number of nitrogens with one attached hydrogen (secondary N) is 1. The van der Waals surface area contributed by atoms with Crippen molar-refractivity contribution in [3.05, 3.63) is 0 Å². The number of hydrazine groups is 1. The van der Waals surface area contributed by atoms with Gasteiger partial charge < -0.3 is 36.6 Å². The first-order valence-corrected chi connectivity index (χ1v) is 6.24. The minimum absolute atomic E-state index is 0.258. The number of carbonyl (C=O) groups is 2. The number of hydrogen-bond acceptors (Lipinski definition) is 10. The molecule has 2 saturated heterocycles. The molecule has 9 N–H and O–H groups in total. The van der Waals surface area contributed by atoms with Crippen LogP contribution in [0.2, 0.25) is 0 Å². The highest BCUT2D eigenvalue weighted by atomic mass is 16.7. The van der Waals surface area contributed by atoms with Gasteiger partial charge in [-0.15, -0.1) is 0 Å². The molecule has 0 aromatic rings. The van der Waals surface area contributed by atoms with Crippen molar-refractivity contribution in [3.8, 4) is 0 Å². The summed E-state index contributed by atoms with van der Waals surface area (Å²) in [5.74, 6) is -4.05. The Morgan fingerprint density at radius 2 is 1.95 bits per heavy atom. The van der Waals surface area contributed by atoms with E-state index >= 15 is 0 Å². The maximum Gasteiger partial charge on any atom is 0.261 e. The normalized spacial score (nSPS) is 44.5. The Kier molecular flexibility index (Phi) is 4.28. The van der Waals surface area contributed by atoms with E-state index in [2.05, 4.69) is 5.43 Å². The molecule has 2 amide bonds. The first-order valence-electron chi connectivity index (χ1n) is 6.24. The lowest BCUT2D eigenvalue weighted by atomic mass is 9.95. The third kappa shape index (κ3) is 2.65. The van der Waals surface area contributed by atoms with Crippen LogP contribution in [0.4, 0.5) is 0 Å². The third-order valence-corrected chi connectivity index (χ3v) is 3.52. The van der Waals surface area contributed by atoms with Crippen LogP contribution in [0.15, 0.2) is 0 Å². The fraction of sp³-hybridized carbons (Fsp3) is 0.800. The van der Waals surface area contributed by atoms with Crippen molar-refractivity contribution in [1.82, 2.24) is 10.4 Å². The summed E-state index contributed by atoms with van der Waals surface area (Å²) in [7, 11) is 0. The third-order valence-electron chi connectivity index (χ3n) is 3.52. The second kappa shape index (κ2) is 5.55. The molecule has 0 spiro atoms. The second-order valence-electron chi connectivity index (χ2n) is 5.03. The summed E-state index contributed by atoms with van der Waals surface area (Å²) in [4.78, 5) is 23.3. The molecular weight excluding hydrogens is 288 g/mol. The standard InChI is InChI=1S/C10H18N4O7/c11-3-1-5(16)14(9(3)19)13-10(20)8(12)7(18)6(17)4(2-15)21-10/h3-4,6-8,13,15,17-18,20H,1-2,11-12H2/t3?,4-,6-,7+,8-,10-/m1/s1. The minimum atomic E-state index is -2.54. The molecule has 0 aromatic heterocycles. The van der Waals surface area contributed by atoms with E-state index < -0.39 is 54.7 Å². The molecule has 1 unspecified atom stereocenters. The molecule has 11 heteroatoms. The molecule has 0 aliphatic carbocycles. The van der Waals surface area contributed by atoms with E-state index in [1.807, 2.05) is 0 Å². The molecule has 2 heterocycles. The van der Waals surface area contributed by atoms with Crippen LogP contribution >= 0.6 is 0 Å². The average molecular weight is 306 g/mol. The van der Waals surface area contributed by atoms with Gasteiger partial charge in [-0.2, -0.15) is 5.43 Å². The Hall–Kier alpha value is -1.18. The first-order chi connectivity index (χ1) is 9.71. The van der Waals surface area contributed by atoms with Gasteiger partial charge in [0.05, 0.1) is 19.1 Å². The van der Waals surface area contributed by atoms with Crippen molar-refractivity contribution >= 4 is 11.8 Å². The van der Waals surface area contributed by atoms with Gasteiger partial charge in [0.2, 0.25) is 5.91 Å². The highest BCUT2D eigenvalue weighted by Crippen LogP contribution is 2.26. The molecule has 0 aromatic carbocycles. The molecule has 0 saturated carbocycles. The highest BCUT2D eigenvalue weighted by molar-refractivity contribution is 6.04. The molecule has 2 aliphatic rings. The van der Waals surface area contributed by atoms with Gasteiger partial charge in [-0.05, 0) is 0 Å². The summed E-state index contributed by atoms with van der Waals surface area (Å²) in [5.41, 5.74) is 13.0. The molecule has 2 fully saturated rings. The van der Waals surface area contributed by atoms with Crippen molar-refractivity contribution in [2.75, 3.05) is 6.61 Å². The Labute approximate surface area is 119 Å². The summed E-state index contributed by atoms with van der Waals surface area (Å²) in [6, 6.07) is -2.65. The summed E-state index contributed by atoms with van der Waals surface area (Å²) in [5, 5.41) is 39.2. The molecule has 21 heavy (non-hydrogen) atoms. The second-order valence-corrected chi connectivity index (χ2v) is 5.03. The number of aliphatic hydroxyl groups is 4.